The molecule has 1 aromatic carbocycles. The first-order valence-corrected chi connectivity index (χ1v) is 10.8. The number of benzene rings is 1. The molecule has 12 heteroatoms. The van der Waals surface area contributed by atoms with Crippen molar-refractivity contribution in [2.24, 2.45) is 14.1 Å². The average Bonchev–Trinajstić information content (AvgIpc) is 3.48. The lowest BCUT2D eigenvalue weighted by molar-refractivity contribution is 0.101. The van der Waals surface area contributed by atoms with Gasteiger partial charge in [-0.1, -0.05) is 41.9 Å². The van der Waals surface area contributed by atoms with Gasteiger partial charge in [0.2, 0.25) is 5.75 Å². The van der Waals surface area contributed by atoms with Crippen molar-refractivity contribution >= 4 is 23.2 Å². The molecule has 0 aliphatic rings. The first-order valence-electron chi connectivity index (χ1n) is 10.4. The van der Waals surface area contributed by atoms with Gasteiger partial charge in [0.05, 0.1) is 6.20 Å². The van der Waals surface area contributed by atoms with Crippen LogP contribution in [0.2, 0.25) is 5.02 Å². The maximum atomic E-state index is 12.9. The third-order valence-corrected chi connectivity index (χ3v) is 6.00. The van der Waals surface area contributed by atoms with Crippen LogP contribution in [0.3, 0.4) is 0 Å². The highest BCUT2D eigenvalue weighted by Crippen LogP contribution is 2.41. The fourth-order valence-electron chi connectivity index (χ4n) is 4.03. The maximum Gasteiger partial charge on any atom is 0.296 e. The predicted molar refractivity (Wildman–Crippen MR) is 125 cm³/mol. The van der Waals surface area contributed by atoms with Gasteiger partial charge in [-0.05, 0) is 11.6 Å². The summed E-state index contributed by atoms with van der Waals surface area (Å²) in [4.78, 5) is 30.1. The van der Waals surface area contributed by atoms with Crippen molar-refractivity contribution < 1.29 is 14.4 Å². The highest BCUT2D eigenvalue weighted by molar-refractivity contribution is 6.31. The van der Waals surface area contributed by atoms with Gasteiger partial charge in [-0.2, -0.15) is 10.4 Å². The third kappa shape index (κ3) is 4.39. The first kappa shape index (κ1) is 23.7. The van der Waals surface area contributed by atoms with Crippen LogP contribution in [0.25, 0.3) is 0 Å². The molecule has 0 radical (unpaired) electrons. The number of hydrogen-bond acceptors (Lipinski definition) is 8. The molecule has 3 heterocycles. The Labute approximate surface area is 204 Å². The summed E-state index contributed by atoms with van der Waals surface area (Å²) in [5, 5.41) is 30.8. The SMILES string of the molecule is CC(c1nc(C(=O)Nc2cnoc2)c(O)c(=O)n1C)C(c1ccccc1Cl)c1cn(C)nc1C#N. The van der Waals surface area contributed by atoms with Gasteiger partial charge in [0.25, 0.3) is 11.5 Å². The van der Waals surface area contributed by atoms with E-state index in [2.05, 4.69) is 26.6 Å². The second kappa shape index (κ2) is 9.44. The van der Waals surface area contributed by atoms with E-state index in [1.807, 2.05) is 12.1 Å². The Morgan fingerprint density at radius 3 is 2.69 bits per heavy atom. The van der Waals surface area contributed by atoms with Crippen molar-refractivity contribution in [2.45, 2.75) is 18.8 Å². The topological polar surface area (TPSA) is 152 Å². The Kier molecular flexibility index (Phi) is 6.40. The van der Waals surface area contributed by atoms with E-state index < -0.39 is 34.7 Å². The number of halogens is 1. The normalized spacial score (nSPS) is 12.7. The van der Waals surface area contributed by atoms with E-state index in [9.17, 15) is 20.0 Å². The van der Waals surface area contributed by atoms with Gasteiger partial charge >= 0.3 is 0 Å². The van der Waals surface area contributed by atoms with Crippen LogP contribution < -0.4 is 10.9 Å². The molecular formula is C23H20ClN7O4. The molecule has 4 rings (SSSR count). The Hall–Kier alpha value is -4.43. The number of carbonyl (C=O) groups excluding carboxylic acids is 1. The van der Waals surface area contributed by atoms with Crippen molar-refractivity contribution in [3.63, 3.8) is 0 Å². The van der Waals surface area contributed by atoms with Gasteiger partial charge in [0.1, 0.15) is 23.8 Å². The van der Waals surface area contributed by atoms with Crippen molar-refractivity contribution in [1.82, 2.24) is 24.5 Å². The molecule has 0 aliphatic carbocycles. The lowest BCUT2D eigenvalue weighted by atomic mass is 9.81. The largest absolute Gasteiger partial charge is 0.501 e. The molecule has 0 saturated carbocycles. The van der Waals surface area contributed by atoms with E-state index in [-0.39, 0.29) is 17.2 Å². The highest BCUT2D eigenvalue weighted by atomic mass is 35.5. The number of anilines is 1. The lowest BCUT2D eigenvalue weighted by Gasteiger charge is -2.26. The van der Waals surface area contributed by atoms with Crippen LogP contribution in [-0.2, 0) is 14.1 Å². The monoisotopic (exact) mass is 493 g/mol. The number of aryl methyl sites for hydroxylation is 1. The van der Waals surface area contributed by atoms with Crippen molar-refractivity contribution in [3.05, 3.63) is 86.6 Å². The first-order chi connectivity index (χ1) is 16.7. The number of amides is 1. The average molecular weight is 494 g/mol. The minimum absolute atomic E-state index is 0.193. The van der Waals surface area contributed by atoms with Crippen LogP contribution in [0.15, 0.2) is 52.2 Å². The minimum Gasteiger partial charge on any atom is -0.501 e. The molecule has 0 bridgehead atoms. The molecule has 0 aliphatic heterocycles. The predicted octanol–water partition coefficient (Wildman–Crippen LogP) is 2.92. The molecule has 2 N–H and O–H groups in total. The fourth-order valence-corrected chi connectivity index (χ4v) is 4.29. The summed E-state index contributed by atoms with van der Waals surface area (Å²) in [6.07, 6.45) is 4.17. The molecule has 11 nitrogen and oxygen atoms in total. The number of aromatic hydroxyl groups is 1. The van der Waals surface area contributed by atoms with Gasteiger partial charge in [-0.25, -0.2) is 4.98 Å². The van der Waals surface area contributed by atoms with Crippen LogP contribution in [0.4, 0.5) is 5.69 Å². The summed E-state index contributed by atoms with van der Waals surface area (Å²) in [7, 11) is 3.14. The summed E-state index contributed by atoms with van der Waals surface area (Å²) >= 11 is 6.54. The molecule has 35 heavy (non-hydrogen) atoms. The van der Waals surface area contributed by atoms with Gasteiger partial charge in [-0.3, -0.25) is 18.8 Å². The van der Waals surface area contributed by atoms with Gasteiger partial charge in [0, 0.05) is 42.7 Å². The summed E-state index contributed by atoms with van der Waals surface area (Å²) in [5.41, 5.74) is 0.424. The molecular weight excluding hydrogens is 474 g/mol. The van der Waals surface area contributed by atoms with E-state index in [0.717, 1.165) is 0 Å². The molecule has 178 valence electrons. The molecule has 0 fully saturated rings. The Balaban J connectivity index is 1.88. The van der Waals surface area contributed by atoms with Gasteiger partial charge in [-0.15, -0.1) is 0 Å². The zero-order valence-electron chi connectivity index (χ0n) is 18.9. The Bertz CT molecular complexity index is 1500. The molecule has 1 amide bonds. The van der Waals surface area contributed by atoms with Crippen molar-refractivity contribution in [1.29, 1.82) is 5.26 Å². The highest BCUT2D eigenvalue weighted by Gasteiger charge is 2.33. The van der Waals surface area contributed by atoms with Crippen LogP contribution >= 0.6 is 11.6 Å². The molecule has 3 aromatic heterocycles. The van der Waals surface area contributed by atoms with E-state index in [1.165, 1.54) is 28.8 Å². The second-order valence-corrected chi connectivity index (χ2v) is 8.31. The standard InChI is InChI=1S/C23H20ClN7O4/c1-12(18(14-6-4-5-7-16(14)24)15-10-30(2)29-17(15)8-25)21-28-19(20(32)23(34)31(21)3)22(33)27-13-9-26-35-11-13/h4-7,9-12,18,32H,1-3H3,(H,27,33). The molecule has 2 unspecified atom stereocenters. The van der Waals surface area contributed by atoms with Crippen LogP contribution in [0.1, 0.15) is 51.9 Å². The smallest absolute Gasteiger partial charge is 0.296 e. The second-order valence-electron chi connectivity index (χ2n) is 7.90. The molecule has 0 saturated heterocycles. The Morgan fingerprint density at radius 1 is 1.29 bits per heavy atom. The number of nitriles is 1. The van der Waals surface area contributed by atoms with E-state index in [4.69, 9.17) is 16.1 Å². The van der Waals surface area contributed by atoms with Crippen LogP contribution in [-0.4, -0.2) is 35.5 Å². The number of aromatic nitrogens is 5. The van der Waals surface area contributed by atoms with Crippen molar-refractivity contribution in [3.8, 4) is 11.8 Å². The van der Waals surface area contributed by atoms with Crippen molar-refractivity contribution in [2.75, 3.05) is 5.32 Å². The number of hydrogen-bond donors (Lipinski definition) is 2. The zero-order chi connectivity index (χ0) is 25.3. The fraction of sp³-hybridized carbons (Fsp3) is 0.217. The number of rotatable bonds is 6. The number of nitrogens with one attached hydrogen (secondary N) is 1. The molecule has 0 spiro atoms. The lowest BCUT2D eigenvalue weighted by Crippen LogP contribution is -2.29. The molecule has 4 aromatic rings. The van der Waals surface area contributed by atoms with Gasteiger partial charge in [0.15, 0.2) is 11.4 Å². The molecule has 2 atom stereocenters. The van der Waals surface area contributed by atoms with Crippen LogP contribution in [0, 0.1) is 11.3 Å². The number of nitrogens with zero attached hydrogens (tertiary/aromatic N) is 6. The summed E-state index contributed by atoms with van der Waals surface area (Å²) in [6.45, 7) is 1.79. The van der Waals surface area contributed by atoms with Crippen LogP contribution in [0.5, 0.6) is 5.75 Å². The van der Waals surface area contributed by atoms with E-state index in [0.29, 0.717) is 16.1 Å². The quantitative estimate of drug-likeness (QED) is 0.416. The third-order valence-electron chi connectivity index (χ3n) is 5.65. The summed E-state index contributed by atoms with van der Waals surface area (Å²) in [6, 6.07) is 9.23. The summed E-state index contributed by atoms with van der Waals surface area (Å²) in [5.74, 6) is -2.55. The zero-order valence-corrected chi connectivity index (χ0v) is 19.7. The van der Waals surface area contributed by atoms with E-state index >= 15 is 0 Å². The minimum atomic E-state index is -0.815. The maximum absolute atomic E-state index is 12.9. The van der Waals surface area contributed by atoms with E-state index in [1.54, 1.807) is 32.3 Å². The Morgan fingerprint density at radius 2 is 2.03 bits per heavy atom. The summed E-state index contributed by atoms with van der Waals surface area (Å²) < 4.78 is 7.38. The van der Waals surface area contributed by atoms with Gasteiger partial charge < -0.3 is 14.9 Å². The number of carbonyl (C=O) groups is 1.